The number of phenolic OH excluding ortho intramolecular Hbond substituents is 1. The molecule has 45 heavy (non-hydrogen) atoms. The number of primary amides is 1. The zero-order valence-electron chi connectivity index (χ0n) is 25.9. The number of ether oxygens (including phenoxy) is 1. The number of Topliss-reactive ketones (excluding diaryl/α,β-unsaturated/α-hetero) is 1. The summed E-state index contributed by atoms with van der Waals surface area (Å²) in [5.74, 6) is -3.19. The van der Waals surface area contributed by atoms with Crippen molar-refractivity contribution < 1.29 is 34.8 Å². The Kier molecular flexibility index (Phi) is 7.91. The molecule has 2 aromatic carbocycles. The van der Waals surface area contributed by atoms with E-state index in [-0.39, 0.29) is 46.5 Å². The third-order valence-corrected chi connectivity index (χ3v) is 10.4. The molecule has 11 heteroatoms. The number of methoxy groups -OCH3 is 1. The van der Waals surface area contributed by atoms with Crippen LogP contribution in [0, 0.1) is 11.8 Å². The molecule has 1 amide bonds. The van der Waals surface area contributed by atoms with Gasteiger partial charge in [-0.3, -0.25) is 0 Å². The Morgan fingerprint density at radius 3 is 2.40 bits per heavy atom. The molecule has 0 aromatic heterocycles. The molecule has 0 saturated carbocycles. The molecule has 0 unspecified atom stereocenters. The van der Waals surface area contributed by atoms with Gasteiger partial charge in [0.15, 0.2) is 0 Å². The fourth-order valence-corrected chi connectivity index (χ4v) is 8.29. The van der Waals surface area contributed by atoms with Gasteiger partial charge >= 0.3 is 209 Å². The number of hydrogen-bond donors (Lipinski definition) is 5. The molecule has 1 aliphatic heterocycles. The van der Waals surface area contributed by atoms with Crippen LogP contribution in [0.15, 0.2) is 59.1 Å². The summed E-state index contributed by atoms with van der Waals surface area (Å²) < 4.78 is 5.91. The van der Waals surface area contributed by atoms with Gasteiger partial charge in [-0.15, -0.1) is 0 Å². The van der Waals surface area contributed by atoms with Crippen LogP contribution >= 0.6 is 0 Å². The van der Waals surface area contributed by atoms with Gasteiger partial charge in [-0.25, -0.2) is 0 Å². The van der Waals surface area contributed by atoms with Crippen LogP contribution in [-0.2, 0) is 17.8 Å². The average molecular weight is 614 g/mol. The first-order valence-corrected chi connectivity index (χ1v) is 15.4. The molecule has 0 spiro atoms. The molecule has 1 heterocycles. The molecule has 6 N–H and O–H groups in total. The summed E-state index contributed by atoms with van der Waals surface area (Å²) in [6, 6.07) is 11.2. The van der Waals surface area contributed by atoms with Gasteiger partial charge in [0.2, 0.25) is 0 Å². The average Bonchev–Trinajstić information content (AvgIpc) is 2.99. The number of ketones is 1. The number of carbonyl (C=O) groups is 2. The third-order valence-electron chi connectivity index (χ3n) is 10.4. The number of fused-ring (bicyclic) bond motifs is 3. The second kappa shape index (κ2) is 11.5. The van der Waals surface area contributed by atoms with Crippen molar-refractivity contribution >= 4 is 24.6 Å². The van der Waals surface area contributed by atoms with Crippen molar-refractivity contribution in [2.45, 2.75) is 49.8 Å². The van der Waals surface area contributed by atoms with Crippen LogP contribution in [0.5, 0.6) is 11.5 Å². The van der Waals surface area contributed by atoms with Gasteiger partial charge in [0.25, 0.3) is 0 Å². The summed E-state index contributed by atoms with van der Waals surface area (Å²) in [6.07, 6.45) is 2.46. The van der Waals surface area contributed by atoms with Crippen molar-refractivity contribution in [1.29, 1.82) is 0 Å². The number of piperidine rings is 1. The Bertz CT molecular complexity index is 1640. The molecular weight excluding hydrogens is 573 g/mol. The number of likely N-dealkylation sites (N-methyl/N-ethyl adjacent to an activating group) is 1. The van der Waals surface area contributed by atoms with E-state index in [1.54, 1.807) is 32.2 Å². The molecule has 0 bridgehead atoms. The van der Waals surface area contributed by atoms with Crippen LogP contribution in [0.25, 0.3) is 0 Å². The SMILES string of the molecule is B=C1C(C(N)=O)=C(O)[C@@H](N(C)C)[C@@H]2C[C@@H]3Cc4c(OC)c(CN5CCC(c6ccccc6)CC5)cc(O)c4C(=O)C3=C(O)[C@]12O. The first-order valence-electron chi connectivity index (χ1n) is 15.4. The van der Waals surface area contributed by atoms with E-state index < -0.39 is 40.9 Å². The number of benzene rings is 2. The molecular formula is C34H40BN3O7. The van der Waals surface area contributed by atoms with Gasteiger partial charge in [0, 0.05) is 0 Å². The summed E-state index contributed by atoms with van der Waals surface area (Å²) in [6.45, 7) is 2.30. The molecule has 10 nitrogen and oxygen atoms in total. The van der Waals surface area contributed by atoms with E-state index >= 15 is 0 Å². The minimum absolute atomic E-state index is 0.0253. The number of allylic oxidation sites excluding steroid dienone is 1. The van der Waals surface area contributed by atoms with Crippen molar-refractivity contribution in [2.75, 3.05) is 34.3 Å². The van der Waals surface area contributed by atoms with Crippen molar-refractivity contribution in [3.8, 4) is 11.5 Å². The van der Waals surface area contributed by atoms with Crippen LogP contribution in [0.4, 0.5) is 0 Å². The van der Waals surface area contributed by atoms with Gasteiger partial charge < -0.3 is 0 Å². The Balaban J connectivity index is 1.35. The van der Waals surface area contributed by atoms with Gasteiger partial charge in [0.05, 0.1) is 0 Å². The van der Waals surface area contributed by atoms with Crippen molar-refractivity contribution in [3.05, 3.63) is 81.3 Å². The molecule has 4 aliphatic rings. The Labute approximate surface area is 263 Å². The topological polar surface area (TPSA) is 157 Å². The normalized spacial score (nSPS) is 27.3. The minimum atomic E-state index is -2.23. The number of aliphatic hydroxyl groups is 3. The molecule has 4 atom stereocenters. The number of hydrogen-bond acceptors (Lipinski definition) is 9. The first-order chi connectivity index (χ1) is 21.4. The number of aliphatic hydroxyl groups excluding tert-OH is 2. The maximum atomic E-state index is 14.1. The van der Waals surface area contributed by atoms with Crippen LogP contribution in [-0.4, -0.2) is 101 Å². The monoisotopic (exact) mass is 613 g/mol. The molecule has 1 saturated heterocycles. The fraction of sp³-hybridized carbons (Fsp3) is 0.441. The number of phenols is 1. The molecule has 1 fully saturated rings. The summed E-state index contributed by atoms with van der Waals surface area (Å²) in [7, 11) is 8.75. The quantitative estimate of drug-likeness (QED) is 0.308. The van der Waals surface area contributed by atoms with Gasteiger partial charge in [-0.05, 0) is 24.3 Å². The molecule has 3 aliphatic carbocycles. The van der Waals surface area contributed by atoms with Crippen molar-refractivity contribution in [2.24, 2.45) is 17.6 Å². The predicted octanol–water partition coefficient (Wildman–Crippen LogP) is 2.01. The number of aromatic hydroxyl groups is 1. The van der Waals surface area contributed by atoms with E-state index in [0.717, 1.165) is 31.5 Å². The number of nitrogens with two attached hydrogens (primary N) is 1. The number of carbonyl (C=O) groups excluding carboxylic acids is 2. The second-order valence-corrected chi connectivity index (χ2v) is 13.0. The van der Waals surface area contributed by atoms with Crippen molar-refractivity contribution in [1.82, 2.24) is 9.80 Å². The van der Waals surface area contributed by atoms with Gasteiger partial charge in [-0.1, -0.05) is 30.3 Å². The predicted molar refractivity (Wildman–Crippen MR) is 171 cm³/mol. The first kappa shape index (κ1) is 31.1. The van der Waals surface area contributed by atoms with E-state index in [9.17, 15) is 30.0 Å². The van der Waals surface area contributed by atoms with E-state index in [2.05, 4.69) is 36.7 Å². The fourth-order valence-electron chi connectivity index (χ4n) is 8.29. The van der Waals surface area contributed by atoms with Gasteiger partial charge in [0.1, 0.15) is 0 Å². The summed E-state index contributed by atoms with van der Waals surface area (Å²) in [5, 5.41) is 46.1. The zero-order valence-corrected chi connectivity index (χ0v) is 25.9. The molecule has 6 rings (SSSR count). The molecule has 2 aromatic rings. The third kappa shape index (κ3) is 4.79. The molecule has 0 radical (unpaired) electrons. The van der Waals surface area contributed by atoms with Crippen LogP contribution in [0.1, 0.15) is 52.2 Å². The molecule has 236 valence electrons. The number of likely N-dealkylation sites (tertiary alicyclic amines) is 1. The van der Waals surface area contributed by atoms with E-state index in [1.165, 1.54) is 5.56 Å². The van der Waals surface area contributed by atoms with Crippen molar-refractivity contribution in [3.63, 3.8) is 0 Å². The Morgan fingerprint density at radius 2 is 1.80 bits per heavy atom. The number of nitrogens with zero attached hydrogens (tertiary/aromatic N) is 2. The van der Waals surface area contributed by atoms with Crippen LogP contribution in [0.3, 0.4) is 0 Å². The van der Waals surface area contributed by atoms with E-state index in [1.807, 2.05) is 6.07 Å². The van der Waals surface area contributed by atoms with Crippen LogP contribution in [0.2, 0.25) is 0 Å². The second-order valence-electron chi connectivity index (χ2n) is 13.0. The number of rotatable bonds is 6. The van der Waals surface area contributed by atoms with E-state index in [4.69, 9.17) is 10.5 Å². The van der Waals surface area contributed by atoms with Gasteiger partial charge in [-0.2, -0.15) is 0 Å². The van der Waals surface area contributed by atoms with E-state index in [0.29, 0.717) is 23.8 Å². The summed E-state index contributed by atoms with van der Waals surface area (Å²) in [4.78, 5) is 30.4. The maximum absolute atomic E-state index is 14.1. The summed E-state index contributed by atoms with van der Waals surface area (Å²) in [5.41, 5.74) is 5.36. The summed E-state index contributed by atoms with van der Waals surface area (Å²) >= 11 is 0. The number of amides is 1. The standard InChI is InChI=1S/C34H40BN3O7/c1-37(2)27-22-14-19-13-21-25(28(40)24(19)32(42)34(22,44)31(35)26(29(27)41)33(36)43)23(39)15-20(30(21)45-3)16-38-11-9-18(10-12-38)17-7-5-4-6-8-17/h4-8,15,18-19,22,27,35,39,41-42,44H,9-14,16H2,1-3H3,(H2,36,43)/t19-,22-,27-,34+/m0/s1. The Morgan fingerprint density at radius 1 is 1.13 bits per heavy atom. The Hall–Kier alpha value is -3.93. The van der Waals surface area contributed by atoms with Crippen LogP contribution < -0.4 is 10.5 Å². The zero-order chi connectivity index (χ0) is 32.4.